The SMILES string of the molecule is CNC(=O)C(C)N(Cc1ccc(Cl)c(Cl)c1)C(=O)CCCN(c1ccccc1C)S(C)(=O)=O. The van der Waals surface area contributed by atoms with Crippen molar-refractivity contribution >= 4 is 50.7 Å². The molecule has 7 nitrogen and oxygen atoms in total. The van der Waals surface area contributed by atoms with E-state index >= 15 is 0 Å². The van der Waals surface area contributed by atoms with Crippen LogP contribution in [-0.4, -0.2) is 51.0 Å². The summed E-state index contributed by atoms with van der Waals surface area (Å²) in [6.07, 6.45) is 1.50. The van der Waals surface area contributed by atoms with Crippen LogP contribution in [0.2, 0.25) is 10.0 Å². The van der Waals surface area contributed by atoms with Gasteiger partial charge in [-0.05, 0) is 49.6 Å². The molecule has 0 aliphatic carbocycles. The minimum atomic E-state index is -3.53. The Morgan fingerprint density at radius 1 is 1.09 bits per heavy atom. The third-order valence-electron chi connectivity index (χ3n) is 5.29. The molecule has 0 aliphatic rings. The fraction of sp³-hybridized carbons (Fsp3) is 0.391. The zero-order valence-electron chi connectivity index (χ0n) is 19.1. The van der Waals surface area contributed by atoms with Crippen LogP contribution in [-0.2, 0) is 26.2 Å². The first-order valence-electron chi connectivity index (χ1n) is 10.4. The molecular formula is C23H29Cl2N3O4S. The van der Waals surface area contributed by atoms with Gasteiger partial charge in [-0.3, -0.25) is 13.9 Å². The smallest absolute Gasteiger partial charge is 0.242 e. The Hall–Kier alpha value is -2.29. The number of anilines is 1. The van der Waals surface area contributed by atoms with E-state index in [4.69, 9.17) is 23.2 Å². The van der Waals surface area contributed by atoms with Gasteiger partial charge in [-0.2, -0.15) is 0 Å². The molecule has 0 saturated carbocycles. The molecule has 10 heteroatoms. The van der Waals surface area contributed by atoms with Gasteiger partial charge in [0, 0.05) is 26.6 Å². The third kappa shape index (κ3) is 7.35. The standard InChI is InChI=1S/C23H29Cl2N3O4S/c1-16-8-5-6-9-21(16)28(33(4,31)32)13-7-10-22(29)27(17(2)23(30)26-3)15-18-11-12-19(24)20(25)14-18/h5-6,8-9,11-12,14,17H,7,10,13,15H2,1-4H3,(H,26,30). The molecule has 0 aromatic heterocycles. The van der Waals surface area contributed by atoms with E-state index < -0.39 is 16.1 Å². The average Bonchev–Trinajstić information content (AvgIpc) is 2.76. The Kier molecular flexibility index (Phi) is 9.57. The Morgan fingerprint density at radius 2 is 1.76 bits per heavy atom. The highest BCUT2D eigenvalue weighted by Crippen LogP contribution is 2.25. The summed E-state index contributed by atoms with van der Waals surface area (Å²) in [4.78, 5) is 26.8. The van der Waals surface area contributed by atoms with Crippen LogP contribution in [0.4, 0.5) is 5.69 Å². The van der Waals surface area contributed by atoms with Crippen molar-refractivity contribution in [2.45, 2.75) is 39.3 Å². The van der Waals surface area contributed by atoms with Gasteiger partial charge in [-0.25, -0.2) is 8.42 Å². The van der Waals surface area contributed by atoms with Crippen LogP contribution in [0.1, 0.15) is 30.9 Å². The highest BCUT2D eigenvalue weighted by atomic mass is 35.5. The Morgan fingerprint density at radius 3 is 2.33 bits per heavy atom. The summed E-state index contributed by atoms with van der Waals surface area (Å²) in [5.74, 6) is -0.573. The molecule has 2 aromatic carbocycles. The van der Waals surface area contributed by atoms with Crippen molar-refractivity contribution in [3.63, 3.8) is 0 Å². The van der Waals surface area contributed by atoms with Crippen LogP contribution in [0.5, 0.6) is 0 Å². The maximum absolute atomic E-state index is 13.1. The highest BCUT2D eigenvalue weighted by molar-refractivity contribution is 7.92. The van der Waals surface area contributed by atoms with Crippen molar-refractivity contribution in [1.29, 1.82) is 0 Å². The van der Waals surface area contributed by atoms with Gasteiger partial charge in [0.15, 0.2) is 0 Å². The van der Waals surface area contributed by atoms with E-state index in [1.807, 2.05) is 19.1 Å². The average molecular weight is 514 g/mol. The fourth-order valence-corrected chi connectivity index (χ4v) is 4.80. The van der Waals surface area contributed by atoms with E-state index in [0.717, 1.165) is 17.4 Å². The van der Waals surface area contributed by atoms with Gasteiger partial charge in [-0.15, -0.1) is 0 Å². The number of nitrogens with one attached hydrogen (secondary N) is 1. The lowest BCUT2D eigenvalue weighted by Crippen LogP contribution is -2.46. The number of hydrogen-bond donors (Lipinski definition) is 1. The monoisotopic (exact) mass is 513 g/mol. The van der Waals surface area contributed by atoms with E-state index in [1.165, 1.54) is 16.3 Å². The van der Waals surface area contributed by atoms with Gasteiger partial charge in [0.1, 0.15) is 6.04 Å². The molecule has 33 heavy (non-hydrogen) atoms. The van der Waals surface area contributed by atoms with Gasteiger partial charge in [0.2, 0.25) is 21.8 Å². The molecular weight excluding hydrogens is 485 g/mol. The van der Waals surface area contributed by atoms with Crippen molar-refractivity contribution in [1.82, 2.24) is 10.2 Å². The largest absolute Gasteiger partial charge is 0.357 e. The number of amides is 2. The maximum atomic E-state index is 13.1. The van der Waals surface area contributed by atoms with Crippen molar-refractivity contribution in [2.24, 2.45) is 0 Å². The quantitative estimate of drug-likeness (QED) is 0.519. The van der Waals surface area contributed by atoms with Crippen LogP contribution in [0.3, 0.4) is 0 Å². The summed E-state index contributed by atoms with van der Waals surface area (Å²) < 4.78 is 26.1. The van der Waals surface area contributed by atoms with Crippen LogP contribution in [0, 0.1) is 6.92 Å². The lowest BCUT2D eigenvalue weighted by Gasteiger charge is -2.29. The van der Waals surface area contributed by atoms with Gasteiger partial charge >= 0.3 is 0 Å². The summed E-state index contributed by atoms with van der Waals surface area (Å²) in [5, 5.41) is 3.32. The number of halogens is 2. The van der Waals surface area contributed by atoms with Gasteiger partial charge < -0.3 is 10.2 Å². The Labute approximate surface area is 205 Å². The van der Waals surface area contributed by atoms with Gasteiger partial charge in [-0.1, -0.05) is 47.5 Å². The molecule has 2 amide bonds. The summed E-state index contributed by atoms with van der Waals surface area (Å²) in [6, 6.07) is 11.5. The van der Waals surface area contributed by atoms with Crippen molar-refractivity contribution < 1.29 is 18.0 Å². The normalized spacial score (nSPS) is 12.2. The molecule has 1 N–H and O–H groups in total. The summed E-state index contributed by atoms with van der Waals surface area (Å²) in [7, 11) is -2.03. The molecule has 1 unspecified atom stereocenters. The summed E-state index contributed by atoms with van der Waals surface area (Å²) >= 11 is 12.1. The van der Waals surface area contributed by atoms with Crippen molar-refractivity contribution in [2.75, 3.05) is 24.2 Å². The predicted octanol–water partition coefficient (Wildman–Crippen LogP) is 4.01. The minimum Gasteiger partial charge on any atom is -0.357 e. The first-order chi connectivity index (χ1) is 15.5. The minimum absolute atomic E-state index is 0.0700. The van der Waals surface area contributed by atoms with Crippen LogP contribution >= 0.6 is 23.2 Å². The molecule has 0 spiro atoms. The van der Waals surface area contributed by atoms with E-state index in [2.05, 4.69) is 5.32 Å². The Bertz CT molecular complexity index is 1110. The van der Waals surface area contributed by atoms with E-state index in [1.54, 1.807) is 37.3 Å². The number of carbonyl (C=O) groups excluding carboxylic acids is 2. The zero-order valence-corrected chi connectivity index (χ0v) is 21.5. The molecule has 180 valence electrons. The van der Waals surface area contributed by atoms with E-state index in [0.29, 0.717) is 22.2 Å². The number of nitrogens with zero attached hydrogens (tertiary/aromatic N) is 2. The summed E-state index contributed by atoms with van der Waals surface area (Å²) in [5.41, 5.74) is 2.13. The molecule has 0 saturated heterocycles. The number of aryl methyl sites for hydroxylation is 1. The van der Waals surface area contributed by atoms with Gasteiger partial charge in [0.25, 0.3) is 0 Å². The molecule has 2 rings (SSSR count). The number of rotatable bonds is 10. The van der Waals surface area contributed by atoms with Crippen molar-refractivity contribution in [3.8, 4) is 0 Å². The second-order valence-corrected chi connectivity index (χ2v) is 10.5. The molecule has 0 bridgehead atoms. The zero-order chi connectivity index (χ0) is 24.8. The number of likely N-dealkylation sites (N-methyl/N-ethyl adjacent to an activating group) is 1. The van der Waals surface area contributed by atoms with E-state index in [-0.39, 0.29) is 31.3 Å². The highest BCUT2D eigenvalue weighted by Gasteiger charge is 2.26. The van der Waals surface area contributed by atoms with E-state index in [9.17, 15) is 18.0 Å². The number of sulfonamides is 1. The second-order valence-electron chi connectivity index (χ2n) is 7.79. The first-order valence-corrected chi connectivity index (χ1v) is 13.0. The van der Waals surface area contributed by atoms with Crippen LogP contribution in [0.15, 0.2) is 42.5 Å². The predicted molar refractivity (Wildman–Crippen MR) is 133 cm³/mol. The number of hydrogen-bond acceptors (Lipinski definition) is 4. The fourth-order valence-electron chi connectivity index (χ4n) is 3.45. The van der Waals surface area contributed by atoms with Crippen molar-refractivity contribution in [3.05, 3.63) is 63.6 Å². The molecule has 0 aliphatic heterocycles. The molecule has 2 aromatic rings. The second kappa shape index (κ2) is 11.7. The molecule has 1 atom stereocenters. The Balaban J connectivity index is 2.18. The number of benzene rings is 2. The lowest BCUT2D eigenvalue weighted by atomic mass is 10.1. The lowest BCUT2D eigenvalue weighted by molar-refractivity contribution is -0.140. The first kappa shape index (κ1) is 27.0. The third-order valence-corrected chi connectivity index (χ3v) is 7.21. The molecule has 0 heterocycles. The maximum Gasteiger partial charge on any atom is 0.242 e. The van der Waals surface area contributed by atoms with Crippen LogP contribution < -0.4 is 9.62 Å². The molecule has 0 radical (unpaired) electrons. The van der Waals surface area contributed by atoms with Crippen LogP contribution in [0.25, 0.3) is 0 Å². The molecule has 0 fully saturated rings. The number of para-hydroxylation sites is 1. The topological polar surface area (TPSA) is 86.8 Å². The number of carbonyl (C=O) groups is 2. The summed E-state index contributed by atoms with van der Waals surface area (Å²) in [6.45, 7) is 3.79. The van der Waals surface area contributed by atoms with Gasteiger partial charge in [0.05, 0.1) is 22.0 Å².